The predicted molar refractivity (Wildman–Crippen MR) is 76.2 cm³/mol. The zero-order chi connectivity index (χ0) is 14.8. The van der Waals surface area contributed by atoms with Gasteiger partial charge < -0.3 is 9.84 Å². The van der Waals surface area contributed by atoms with Crippen LogP contribution < -0.4 is 4.74 Å². The molecule has 1 N–H and O–H groups in total. The Hall–Kier alpha value is -2.89. The van der Waals surface area contributed by atoms with Crippen molar-refractivity contribution in [2.75, 3.05) is 0 Å². The van der Waals surface area contributed by atoms with Gasteiger partial charge in [0.2, 0.25) is 0 Å². The Morgan fingerprint density at radius 1 is 1.33 bits per heavy atom. The number of hydrogen-bond acceptors (Lipinski definition) is 4. The second kappa shape index (κ2) is 5.24. The number of carboxylic acid groups (broad SMARTS) is 1. The minimum atomic E-state index is -1.03. The van der Waals surface area contributed by atoms with Crippen LogP contribution in [0.3, 0.4) is 0 Å². The smallest absolute Gasteiger partial charge is 0.340 e. The van der Waals surface area contributed by atoms with Gasteiger partial charge in [-0.1, -0.05) is 18.2 Å². The molecule has 0 saturated heterocycles. The maximum atomic E-state index is 11.5. The molecule has 0 bridgehead atoms. The fourth-order valence-electron chi connectivity index (χ4n) is 2.16. The lowest BCUT2D eigenvalue weighted by Gasteiger charge is -2.10. The van der Waals surface area contributed by atoms with Crippen molar-refractivity contribution in [2.45, 2.75) is 6.61 Å². The number of aromatic nitrogens is 3. The molecule has 0 atom stereocenters. The molecule has 0 aliphatic heterocycles. The van der Waals surface area contributed by atoms with Crippen LogP contribution >= 0.6 is 0 Å². The van der Waals surface area contributed by atoms with E-state index in [-0.39, 0.29) is 17.9 Å². The van der Waals surface area contributed by atoms with Crippen molar-refractivity contribution in [2.24, 2.45) is 7.05 Å². The number of nitrogens with zero attached hydrogens (tertiary/aromatic N) is 3. The van der Waals surface area contributed by atoms with E-state index in [9.17, 15) is 9.90 Å². The highest BCUT2D eigenvalue weighted by Gasteiger charge is 2.16. The van der Waals surface area contributed by atoms with Gasteiger partial charge in [0.25, 0.3) is 0 Å². The summed E-state index contributed by atoms with van der Waals surface area (Å²) in [6.45, 7) is 0.244. The van der Waals surface area contributed by atoms with Crippen LogP contribution in [-0.4, -0.2) is 25.8 Å². The lowest BCUT2D eigenvalue weighted by Crippen LogP contribution is -2.05. The Kier molecular flexibility index (Phi) is 3.27. The van der Waals surface area contributed by atoms with Gasteiger partial charge in [0.1, 0.15) is 12.2 Å². The average Bonchev–Trinajstić information content (AvgIpc) is 2.89. The zero-order valence-corrected chi connectivity index (χ0v) is 11.4. The number of hydrogen-bond donors (Lipinski definition) is 1. The van der Waals surface area contributed by atoms with Gasteiger partial charge in [0, 0.05) is 24.2 Å². The summed E-state index contributed by atoms with van der Waals surface area (Å²) in [4.78, 5) is 15.8. The van der Waals surface area contributed by atoms with Crippen molar-refractivity contribution < 1.29 is 14.6 Å². The van der Waals surface area contributed by atoms with Crippen LogP contribution in [0.15, 0.2) is 42.9 Å². The van der Waals surface area contributed by atoms with Gasteiger partial charge in [-0.05, 0) is 6.07 Å². The molecule has 0 fully saturated rings. The van der Waals surface area contributed by atoms with Gasteiger partial charge in [-0.2, -0.15) is 5.10 Å². The van der Waals surface area contributed by atoms with Crippen molar-refractivity contribution in [3.05, 3.63) is 54.0 Å². The lowest BCUT2D eigenvalue weighted by atomic mass is 10.1. The first kappa shape index (κ1) is 13.1. The van der Waals surface area contributed by atoms with E-state index in [1.807, 2.05) is 19.3 Å². The molecular formula is C15H13N3O3. The van der Waals surface area contributed by atoms with E-state index in [2.05, 4.69) is 10.1 Å². The highest BCUT2D eigenvalue weighted by molar-refractivity contribution is 6.04. The molecule has 0 saturated carbocycles. The van der Waals surface area contributed by atoms with E-state index in [4.69, 9.17) is 4.74 Å². The molecule has 6 nitrogen and oxygen atoms in total. The molecule has 21 heavy (non-hydrogen) atoms. The van der Waals surface area contributed by atoms with Gasteiger partial charge in [0.15, 0.2) is 5.75 Å². The molecule has 6 heteroatoms. The van der Waals surface area contributed by atoms with Crippen LogP contribution in [0.4, 0.5) is 0 Å². The zero-order valence-electron chi connectivity index (χ0n) is 11.4. The summed E-state index contributed by atoms with van der Waals surface area (Å²) in [6, 6.07) is 7.09. The van der Waals surface area contributed by atoms with E-state index in [1.165, 1.54) is 6.20 Å². The maximum absolute atomic E-state index is 11.5. The fraction of sp³-hybridized carbons (Fsp3) is 0.133. The molecule has 0 aliphatic rings. The summed E-state index contributed by atoms with van der Waals surface area (Å²) >= 11 is 0. The van der Waals surface area contributed by atoms with E-state index in [0.29, 0.717) is 10.9 Å². The van der Waals surface area contributed by atoms with E-state index in [0.717, 1.165) is 5.56 Å². The second-order valence-electron chi connectivity index (χ2n) is 4.63. The molecule has 0 aliphatic carbocycles. The van der Waals surface area contributed by atoms with Gasteiger partial charge in [-0.25, -0.2) is 4.79 Å². The third-order valence-corrected chi connectivity index (χ3v) is 3.11. The number of fused-ring (bicyclic) bond motifs is 1. The van der Waals surface area contributed by atoms with Crippen molar-refractivity contribution >= 4 is 16.9 Å². The molecule has 0 amide bonds. The van der Waals surface area contributed by atoms with Crippen LogP contribution in [0.25, 0.3) is 10.9 Å². The topological polar surface area (TPSA) is 77.2 Å². The summed E-state index contributed by atoms with van der Waals surface area (Å²) in [7, 11) is 1.81. The number of benzene rings is 1. The number of carbonyl (C=O) groups is 1. The Morgan fingerprint density at radius 2 is 2.14 bits per heavy atom. The largest absolute Gasteiger partial charge is 0.486 e. The standard InChI is InChI=1S/C15H13N3O3/c1-18-8-10(6-17-18)9-21-13-7-16-12-5-3-2-4-11(12)14(13)15(19)20/h2-8H,9H2,1H3,(H,19,20). The lowest BCUT2D eigenvalue weighted by molar-refractivity contribution is 0.0694. The summed E-state index contributed by atoms with van der Waals surface area (Å²) in [6.07, 6.45) is 4.94. The number of ether oxygens (including phenoxy) is 1. The fourth-order valence-corrected chi connectivity index (χ4v) is 2.16. The van der Waals surface area contributed by atoms with Gasteiger partial charge in [-0.3, -0.25) is 9.67 Å². The van der Waals surface area contributed by atoms with Crippen molar-refractivity contribution in [1.82, 2.24) is 14.8 Å². The third kappa shape index (κ3) is 2.55. The van der Waals surface area contributed by atoms with Gasteiger partial charge in [-0.15, -0.1) is 0 Å². The molecule has 2 aromatic heterocycles. The normalized spacial score (nSPS) is 10.7. The Labute approximate surface area is 120 Å². The highest BCUT2D eigenvalue weighted by atomic mass is 16.5. The summed E-state index contributed by atoms with van der Waals surface area (Å²) in [5.41, 5.74) is 1.62. The number of aryl methyl sites for hydroxylation is 1. The summed E-state index contributed by atoms with van der Waals surface area (Å²) < 4.78 is 7.27. The first-order chi connectivity index (χ1) is 10.1. The van der Waals surface area contributed by atoms with Crippen LogP contribution in [0.5, 0.6) is 5.75 Å². The van der Waals surface area contributed by atoms with Crippen LogP contribution in [-0.2, 0) is 13.7 Å². The monoisotopic (exact) mass is 283 g/mol. The molecular weight excluding hydrogens is 270 g/mol. The minimum absolute atomic E-state index is 0.129. The summed E-state index contributed by atoms with van der Waals surface area (Å²) in [5.74, 6) is -0.778. The molecule has 3 aromatic rings. The Balaban J connectivity index is 1.97. The molecule has 0 unspecified atom stereocenters. The van der Waals surface area contributed by atoms with Gasteiger partial charge >= 0.3 is 5.97 Å². The SMILES string of the molecule is Cn1cc(COc2cnc3ccccc3c2C(=O)O)cn1. The number of para-hydroxylation sites is 1. The Morgan fingerprint density at radius 3 is 2.86 bits per heavy atom. The van der Waals surface area contributed by atoms with Crippen LogP contribution in [0, 0.1) is 0 Å². The van der Waals surface area contributed by atoms with E-state index >= 15 is 0 Å². The molecule has 3 rings (SSSR count). The first-order valence-corrected chi connectivity index (χ1v) is 6.36. The molecule has 0 radical (unpaired) electrons. The molecule has 1 aromatic carbocycles. The average molecular weight is 283 g/mol. The second-order valence-corrected chi connectivity index (χ2v) is 4.63. The van der Waals surface area contributed by atoms with Crippen molar-refractivity contribution in [3.63, 3.8) is 0 Å². The van der Waals surface area contributed by atoms with Crippen molar-refractivity contribution in [3.8, 4) is 5.75 Å². The van der Waals surface area contributed by atoms with E-state index < -0.39 is 5.97 Å². The van der Waals surface area contributed by atoms with Crippen LogP contribution in [0.1, 0.15) is 15.9 Å². The first-order valence-electron chi connectivity index (χ1n) is 6.36. The molecule has 0 spiro atoms. The number of carboxylic acids is 1. The molecule has 2 heterocycles. The number of rotatable bonds is 4. The van der Waals surface area contributed by atoms with E-state index in [1.54, 1.807) is 29.1 Å². The molecule has 106 valence electrons. The summed E-state index contributed by atoms with van der Waals surface area (Å²) in [5, 5.41) is 14.0. The quantitative estimate of drug-likeness (QED) is 0.794. The highest BCUT2D eigenvalue weighted by Crippen LogP contribution is 2.26. The number of aromatic carboxylic acids is 1. The number of pyridine rings is 1. The Bertz CT molecular complexity index is 811. The maximum Gasteiger partial charge on any atom is 0.340 e. The van der Waals surface area contributed by atoms with Crippen LogP contribution in [0.2, 0.25) is 0 Å². The van der Waals surface area contributed by atoms with Crippen molar-refractivity contribution in [1.29, 1.82) is 0 Å². The minimum Gasteiger partial charge on any atom is -0.486 e. The predicted octanol–water partition coefficient (Wildman–Crippen LogP) is 2.25. The third-order valence-electron chi connectivity index (χ3n) is 3.11. The van der Waals surface area contributed by atoms with Gasteiger partial charge in [0.05, 0.1) is 17.9 Å².